The van der Waals surface area contributed by atoms with Crippen molar-refractivity contribution in [3.05, 3.63) is 54.7 Å². The number of pyridine rings is 1. The Balaban J connectivity index is 1.74. The summed E-state index contributed by atoms with van der Waals surface area (Å²) < 4.78 is 0. The van der Waals surface area contributed by atoms with Gasteiger partial charge in [0, 0.05) is 24.2 Å². The van der Waals surface area contributed by atoms with Crippen molar-refractivity contribution in [2.75, 3.05) is 13.1 Å². The van der Waals surface area contributed by atoms with Crippen LogP contribution in [0.4, 0.5) is 0 Å². The second-order valence-corrected chi connectivity index (χ2v) is 7.22. The number of aliphatic hydroxyl groups is 1. The van der Waals surface area contributed by atoms with Crippen molar-refractivity contribution in [3.63, 3.8) is 0 Å². The molecule has 2 aromatic rings. The molecule has 0 spiro atoms. The molecule has 4 heterocycles. The third kappa shape index (κ3) is 2.30. The van der Waals surface area contributed by atoms with Gasteiger partial charge in [0.15, 0.2) is 0 Å². The second-order valence-electron chi connectivity index (χ2n) is 7.22. The summed E-state index contributed by atoms with van der Waals surface area (Å²) in [5.74, 6) is 1.23. The number of benzene rings is 1. The molecule has 5 atom stereocenters. The molecule has 3 heteroatoms. The molecule has 3 fully saturated rings. The highest BCUT2D eigenvalue weighted by atomic mass is 16.3. The second kappa shape index (κ2) is 5.43. The number of aromatic nitrogens is 1. The van der Waals surface area contributed by atoms with Gasteiger partial charge in [0.2, 0.25) is 0 Å². The predicted octanol–water partition coefficient (Wildman–Crippen LogP) is 3.34. The molecule has 0 radical (unpaired) electrons. The van der Waals surface area contributed by atoms with E-state index in [1.807, 2.05) is 37.4 Å². The molecule has 5 rings (SSSR count). The Morgan fingerprint density at radius 2 is 2.17 bits per heavy atom. The van der Waals surface area contributed by atoms with Crippen LogP contribution in [-0.4, -0.2) is 34.1 Å². The Morgan fingerprint density at radius 1 is 1.35 bits per heavy atom. The van der Waals surface area contributed by atoms with Crippen LogP contribution in [0.25, 0.3) is 10.9 Å². The highest BCUT2D eigenvalue weighted by molar-refractivity contribution is 5.82. The zero-order valence-electron chi connectivity index (χ0n) is 13.7. The van der Waals surface area contributed by atoms with E-state index in [0.717, 1.165) is 36.0 Å². The summed E-state index contributed by atoms with van der Waals surface area (Å²) >= 11 is 0. The first-order valence-corrected chi connectivity index (χ1v) is 8.54. The zero-order valence-corrected chi connectivity index (χ0v) is 13.7. The molecular formula is C20H24N2O. The summed E-state index contributed by atoms with van der Waals surface area (Å²) in [4.78, 5) is 6.90. The van der Waals surface area contributed by atoms with E-state index >= 15 is 0 Å². The SMILES string of the molecule is C=CC1CN2CCC1CC2C(C)(O)c1ccnc2ccccc12. The van der Waals surface area contributed by atoms with Gasteiger partial charge in [-0.15, -0.1) is 6.58 Å². The normalized spacial score (nSPS) is 32.6. The van der Waals surface area contributed by atoms with Gasteiger partial charge in [0.05, 0.1) is 5.52 Å². The number of hydrogen-bond donors (Lipinski definition) is 1. The monoisotopic (exact) mass is 308 g/mol. The number of fused-ring (bicyclic) bond motifs is 4. The average molecular weight is 308 g/mol. The summed E-state index contributed by atoms with van der Waals surface area (Å²) in [6.45, 7) is 8.08. The lowest BCUT2D eigenvalue weighted by molar-refractivity contribution is -0.0986. The summed E-state index contributed by atoms with van der Waals surface area (Å²) in [5, 5.41) is 12.6. The Hall–Kier alpha value is -1.71. The van der Waals surface area contributed by atoms with Crippen LogP contribution >= 0.6 is 0 Å². The number of nitrogens with zero attached hydrogens (tertiary/aromatic N) is 2. The zero-order chi connectivity index (χ0) is 16.0. The topological polar surface area (TPSA) is 36.4 Å². The van der Waals surface area contributed by atoms with Crippen molar-refractivity contribution in [2.45, 2.75) is 31.4 Å². The van der Waals surface area contributed by atoms with Crippen molar-refractivity contribution in [1.29, 1.82) is 0 Å². The van der Waals surface area contributed by atoms with E-state index in [9.17, 15) is 5.11 Å². The predicted molar refractivity (Wildman–Crippen MR) is 93.1 cm³/mol. The van der Waals surface area contributed by atoms with E-state index in [0.29, 0.717) is 11.8 Å². The maximum atomic E-state index is 11.5. The number of hydrogen-bond acceptors (Lipinski definition) is 3. The van der Waals surface area contributed by atoms with Crippen LogP contribution in [-0.2, 0) is 5.60 Å². The molecule has 0 aliphatic carbocycles. The Labute approximate surface area is 137 Å². The minimum atomic E-state index is -0.868. The molecule has 3 aliphatic rings. The van der Waals surface area contributed by atoms with Crippen molar-refractivity contribution in [3.8, 4) is 0 Å². The lowest BCUT2D eigenvalue weighted by atomic mass is 9.70. The van der Waals surface area contributed by atoms with Crippen LogP contribution in [0.5, 0.6) is 0 Å². The maximum absolute atomic E-state index is 11.5. The Bertz CT molecular complexity index is 734. The minimum Gasteiger partial charge on any atom is -0.384 e. The molecule has 1 aromatic carbocycles. The van der Waals surface area contributed by atoms with Crippen LogP contribution in [0.1, 0.15) is 25.3 Å². The fourth-order valence-corrected chi connectivity index (χ4v) is 4.64. The molecule has 23 heavy (non-hydrogen) atoms. The quantitative estimate of drug-likeness (QED) is 0.884. The first-order valence-electron chi connectivity index (χ1n) is 8.54. The first kappa shape index (κ1) is 14.9. The number of piperidine rings is 3. The first-order chi connectivity index (χ1) is 11.1. The van der Waals surface area contributed by atoms with Gasteiger partial charge in [0.1, 0.15) is 5.60 Å². The van der Waals surface area contributed by atoms with Crippen molar-refractivity contribution < 1.29 is 5.11 Å². The van der Waals surface area contributed by atoms with Crippen LogP contribution in [0.15, 0.2) is 49.2 Å². The van der Waals surface area contributed by atoms with Crippen molar-refractivity contribution >= 4 is 10.9 Å². The fourth-order valence-electron chi connectivity index (χ4n) is 4.64. The van der Waals surface area contributed by atoms with Gasteiger partial charge in [-0.05, 0) is 55.8 Å². The maximum Gasteiger partial charge on any atom is 0.103 e. The van der Waals surface area contributed by atoms with Crippen molar-refractivity contribution in [1.82, 2.24) is 9.88 Å². The van der Waals surface area contributed by atoms with Gasteiger partial charge >= 0.3 is 0 Å². The van der Waals surface area contributed by atoms with E-state index in [2.05, 4.69) is 28.6 Å². The van der Waals surface area contributed by atoms with E-state index in [1.54, 1.807) is 0 Å². The molecule has 0 saturated carbocycles. The summed E-state index contributed by atoms with van der Waals surface area (Å²) in [7, 11) is 0. The van der Waals surface area contributed by atoms with Crippen LogP contribution in [0.3, 0.4) is 0 Å². The number of rotatable bonds is 3. The highest BCUT2D eigenvalue weighted by Gasteiger charge is 2.47. The molecule has 2 bridgehead atoms. The molecule has 120 valence electrons. The lowest BCUT2D eigenvalue weighted by Crippen LogP contribution is -2.59. The molecule has 3 aliphatic heterocycles. The summed E-state index contributed by atoms with van der Waals surface area (Å²) in [6.07, 6.45) is 6.18. The average Bonchev–Trinajstić information content (AvgIpc) is 2.61. The largest absolute Gasteiger partial charge is 0.384 e. The molecule has 5 unspecified atom stereocenters. The third-order valence-electron chi connectivity index (χ3n) is 5.95. The van der Waals surface area contributed by atoms with Crippen LogP contribution in [0, 0.1) is 11.8 Å². The van der Waals surface area contributed by atoms with Gasteiger partial charge in [-0.3, -0.25) is 9.88 Å². The van der Waals surface area contributed by atoms with Gasteiger partial charge < -0.3 is 5.11 Å². The van der Waals surface area contributed by atoms with E-state index in [1.165, 1.54) is 6.42 Å². The number of para-hydroxylation sites is 1. The Morgan fingerprint density at radius 3 is 2.91 bits per heavy atom. The third-order valence-corrected chi connectivity index (χ3v) is 5.95. The van der Waals surface area contributed by atoms with Crippen LogP contribution < -0.4 is 0 Å². The molecule has 0 amide bonds. The fraction of sp³-hybridized carbons (Fsp3) is 0.450. The molecule has 3 nitrogen and oxygen atoms in total. The summed E-state index contributed by atoms with van der Waals surface area (Å²) in [6, 6.07) is 10.2. The van der Waals surface area contributed by atoms with Gasteiger partial charge in [-0.1, -0.05) is 24.3 Å². The van der Waals surface area contributed by atoms with Gasteiger partial charge in [-0.2, -0.15) is 0 Å². The van der Waals surface area contributed by atoms with E-state index in [4.69, 9.17) is 0 Å². The standard InChI is InChI=1S/C20H24N2O/c1-3-14-13-22-11-9-15(14)12-19(22)20(2,23)17-8-10-21-18-7-5-4-6-16(17)18/h3-8,10,14-15,19,23H,1,9,11-13H2,2H3. The van der Waals surface area contributed by atoms with Gasteiger partial charge in [0.25, 0.3) is 0 Å². The molecule has 3 saturated heterocycles. The minimum absolute atomic E-state index is 0.170. The van der Waals surface area contributed by atoms with E-state index < -0.39 is 5.60 Å². The molecule has 1 aromatic heterocycles. The Kier molecular flexibility index (Phi) is 3.51. The van der Waals surface area contributed by atoms with Gasteiger partial charge in [-0.25, -0.2) is 0 Å². The highest BCUT2D eigenvalue weighted by Crippen LogP contribution is 2.44. The van der Waals surface area contributed by atoms with E-state index in [-0.39, 0.29) is 6.04 Å². The molecular weight excluding hydrogens is 284 g/mol. The summed E-state index contributed by atoms with van der Waals surface area (Å²) in [5.41, 5.74) is 1.08. The lowest BCUT2D eigenvalue weighted by Gasteiger charge is -2.53. The van der Waals surface area contributed by atoms with Crippen molar-refractivity contribution in [2.24, 2.45) is 11.8 Å². The van der Waals surface area contributed by atoms with Crippen LogP contribution in [0.2, 0.25) is 0 Å². The smallest absolute Gasteiger partial charge is 0.103 e. The molecule has 1 N–H and O–H groups in total.